The smallest absolute Gasteiger partial charge is 0.198 e. The Morgan fingerprint density at radius 1 is 1.62 bits per heavy atom. The zero-order valence-corrected chi connectivity index (χ0v) is 10.2. The summed E-state index contributed by atoms with van der Waals surface area (Å²) in [4.78, 5) is 16.3. The third-order valence-electron chi connectivity index (χ3n) is 3.02. The molecule has 1 aromatic heterocycles. The van der Waals surface area contributed by atoms with Gasteiger partial charge in [-0.2, -0.15) is 0 Å². The second-order valence-corrected chi connectivity index (χ2v) is 4.01. The molecule has 4 heteroatoms. The number of ether oxygens (including phenoxy) is 1. The Kier molecular flexibility index (Phi) is 3.65. The van der Waals surface area contributed by atoms with Crippen molar-refractivity contribution in [2.24, 2.45) is 0 Å². The van der Waals surface area contributed by atoms with E-state index < -0.39 is 5.60 Å². The molecule has 0 saturated carbocycles. The number of carbonyl (C=O) groups is 1. The molecule has 1 atom stereocenters. The molecule has 2 N–H and O–H groups in total. The van der Waals surface area contributed by atoms with Gasteiger partial charge in [-0.3, -0.25) is 4.79 Å². The molecule has 88 valence electrons. The maximum atomic E-state index is 12.3. The monoisotopic (exact) mass is 222 g/mol. The molecule has 0 aliphatic rings. The van der Waals surface area contributed by atoms with Crippen LogP contribution in [0.25, 0.3) is 0 Å². The van der Waals surface area contributed by atoms with E-state index in [-0.39, 0.29) is 11.6 Å². The van der Waals surface area contributed by atoms with Gasteiger partial charge in [0.05, 0.1) is 5.56 Å². The van der Waals surface area contributed by atoms with Crippen LogP contribution in [0.3, 0.4) is 0 Å². The number of carbonyl (C=O) groups excluding carboxylic acids is 1. The SMILES string of the molecule is CCC(C)(OC)C(=O)c1c(C)ccnc1N. The molecule has 0 radical (unpaired) electrons. The molecule has 0 fully saturated rings. The van der Waals surface area contributed by atoms with E-state index in [1.165, 1.54) is 7.11 Å². The number of nitrogen functional groups attached to an aromatic ring is 1. The van der Waals surface area contributed by atoms with Crippen LogP contribution >= 0.6 is 0 Å². The van der Waals surface area contributed by atoms with Crippen molar-refractivity contribution >= 4 is 11.6 Å². The van der Waals surface area contributed by atoms with Gasteiger partial charge in [0.1, 0.15) is 11.4 Å². The van der Waals surface area contributed by atoms with Gasteiger partial charge in [0, 0.05) is 13.3 Å². The Balaban J connectivity index is 3.24. The number of rotatable bonds is 4. The van der Waals surface area contributed by atoms with Crippen molar-refractivity contribution in [2.45, 2.75) is 32.8 Å². The van der Waals surface area contributed by atoms with Gasteiger partial charge in [-0.05, 0) is 31.9 Å². The lowest BCUT2D eigenvalue weighted by molar-refractivity contribution is 0.0106. The molecule has 1 unspecified atom stereocenters. The number of hydrogen-bond acceptors (Lipinski definition) is 4. The van der Waals surface area contributed by atoms with Crippen LogP contribution < -0.4 is 5.73 Å². The highest BCUT2D eigenvalue weighted by Crippen LogP contribution is 2.25. The average molecular weight is 222 g/mol. The number of nitrogens with two attached hydrogens (primary N) is 1. The third-order valence-corrected chi connectivity index (χ3v) is 3.02. The molecule has 0 amide bonds. The van der Waals surface area contributed by atoms with Gasteiger partial charge in [-0.1, -0.05) is 6.92 Å². The quantitative estimate of drug-likeness (QED) is 0.791. The minimum Gasteiger partial charge on any atom is -0.383 e. The lowest BCUT2D eigenvalue weighted by Gasteiger charge is -2.26. The van der Waals surface area contributed by atoms with Crippen LogP contribution in [0.2, 0.25) is 0 Å². The highest BCUT2D eigenvalue weighted by Gasteiger charge is 2.34. The fourth-order valence-electron chi connectivity index (χ4n) is 1.54. The van der Waals surface area contributed by atoms with Gasteiger partial charge in [0.25, 0.3) is 0 Å². The number of hydrogen-bond donors (Lipinski definition) is 1. The third kappa shape index (κ3) is 2.07. The highest BCUT2D eigenvalue weighted by atomic mass is 16.5. The van der Waals surface area contributed by atoms with E-state index in [0.29, 0.717) is 12.0 Å². The van der Waals surface area contributed by atoms with Crippen LogP contribution in [0.4, 0.5) is 5.82 Å². The van der Waals surface area contributed by atoms with E-state index in [1.54, 1.807) is 19.2 Å². The summed E-state index contributed by atoms with van der Waals surface area (Å²) in [5.74, 6) is 0.155. The largest absolute Gasteiger partial charge is 0.383 e. The summed E-state index contributed by atoms with van der Waals surface area (Å²) in [6, 6.07) is 1.77. The first-order valence-electron chi connectivity index (χ1n) is 5.27. The van der Waals surface area contributed by atoms with E-state index in [9.17, 15) is 4.79 Å². The van der Waals surface area contributed by atoms with Crippen molar-refractivity contribution in [3.05, 3.63) is 23.4 Å². The van der Waals surface area contributed by atoms with Gasteiger partial charge in [0.2, 0.25) is 0 Å². The van der Waals surface area contributed by atoms with E-state index in [0.717, 1.165) is 5.56 Å². The van der Waals surface area contributed by atoms with Crippen molar-refractivity contribution in [3.8, 4) is 0 Å². The Bertz CT molecular complexity index is 378. The number of aryl methyl sites for hydroxylation is 1. The fourth-order valence-corrected chi connectivity index (χ4v) is 1.54. The number of ketones is 1. The Labute approximate surface area is 95.8 Å². The Morgan fingerprint density at radius 3 is 2.69 bits per heavy atom. The zero-order valence-electron chi connectivity index (χ0n) is 10.2. The summed E-state index contributed by atoms with van der Waals surface area (Å²) >= 11 is 0. The maximum absolute atomic E-state index is 12.3. The van der Waals surface area contributed by atoms with E-state index >= 15 is 0 Å². The van der Waals surface area contributed by atoms with Gasteiger partial charge < -0.3 is 10.5 Å². The number of aromatic nitrogens is 1. The van der Waals surface area contributed by atoms with Crippen LogP contribution in [0.1, 0.15) is 36.2 Å². The number of pyridine rings is 1. The van der Waals surface area contributed by atoms with E-state index in [4.69, 9.17) is 10.5 Å². The van der Waals surface area contributed by atoms with E-state index in [2.05, 4.69) is 4.98 Å². The molecule has 0 saturated heterocycles. The standard InChI is InChI=1S/C12H18N2O2/c1-5-12(3,16-4)10(15)9-8(2)6-7-14-11(9)13/h6-7H,5H2,1-4H3,(H2,13,14). The summed E-state index contributed by atoms with van der Waals surface area (Å²) < 4.78 is 5.28. The number of Topliss-reactive ketones (excluding diaryl/α,β-unsaturated/α-hetero) is 1. The predicted molar refractivity (Wildman–Crippen MR) is 63.4 cm³/mol. The van der Waals surface area contributed by atoms with Gasteiger partial charge in [-0.25, -0.2) is 4.98 Å². The molecule has 0 spiro atoms. The first-order chi connectivity index (χ1) is 7.46. The lowest BCUT2D eigenvalue weighted by Crippen LogP contribution is -2.37. The van der Waals surface area contributed by atoms with Crippen molar-refractivity contribution < 1.29 is 9.53 Å². The summed E-state index contributed by atoms with van der Waals surface area (Å²) in [6.07, 6.45) is 2.19. The molecule has 1 heterocycles. The molecule has 16 heavy (non-hydrogen) atoms. The summed E-state index contributed by atoms with van der Waals surface area (Å²) in [7, 11) is 1.53. The highest BCUT2D eigenvalue weighted by molar-refractivity contribution is 6.06. The first kappa shape index (κ1) is 12.6. The second-order valence-electron chi connectivity index (χ2n) is 4.01. The van der Waals surface area contributed by atoms with Crippen molar-refractivity contribution in [2.75, 3.05) is 12.8 Å². The molecule has 1 aromatic rings. The number of nitrogens with zero attached hydrogens (tertiary/aromatic N) is 1. The molecule has 0 aliphatic heterocycles. The topological polar surface area (TPSA) is 65.2 Å². The second kappa shape index (κ2) is 4.61. The predicted octanol–water partition coefficient (Wildman–Crippen LogP) is 1.97. The summed E-state index contributed by atoms with van der Waals surface area (Å²) in [5, 5.41) is 0. The van der Waals surface area contributed by atoms with Gasteiger partial charge in [-0.15, -0.1) is 0 Å². The average Bonchev–Trinajstić information content (AvgIpc) is 2.27. The van der Waals surface area contributed by atoms with Crippen LogP contribution in [0, 0.1) is 6.92 Å². The fraction of sp³-hybridized carbons (Fsp3) is 0.500. The summed E-state index contributed by atoms with van der Waals surface area (Å²) in [5.41, 5.74) is 6.20. The number of methoxy groups -OCH3 is 1. The molecule has 0 aliphatic carbocycles. The van der Waals surface area contributed by atoms with Gasteiger partial charge in [0.15, 0.2) is 5.78 Å². The molecular formula is C12H18N2O2. The lowest BCUT2D eigenvalue weighted by atomic mass is 9.90. The van der Waals surface area contributed by atoms with Crippen molar-refractivity contribution in [1.82, 2.24) is 4.98 Å². The minimum atomic E-state index is -0.831. The molecule has 4 nitrogen and oxygen atoms in total. The maximum Gasteiger partial charge on any atom is 0.198 e. The molecular weight excluding hydrogens is 204 g/mol. The van der Waals surface area contributed by atoms with Crippen LogP contribution in [-0.2, 0) is 4.74 Å². The minimum absolute atomic E-state index is 0.111. The summed E-state index contributed by atoms with van der Waals surface area (Å²) in [6.45, 7) is 5.52. The number of anilines is 1. The van der Waals surface area contributed by atoms with E-state index in [1.807, 2.05) is 13.8 Å². The van der Waals surface area contributed by atoms with Crippen molar-refractivity contribution in [1.29, 1.82) is 0 Å². The zero-order chi connectivity index (χ0) is 12.3. The van der Waals surface area contributed by atoms with Crippen LogP contribution in [0.5, 0.6) is 0 Å². The molecule has 1 rings (SSSR count). The Morgan fingerprint density at radius 2 is 2.25 bits per heavy atom. The van der Waals surface area contributed by atoms with Gasteiger partial charge >= 0.3 is 0 Å². The molecule has 0 bridgehead atoms. The first-order valence-corrected chi connectivity index (χ1v) is 5.27. The Hall–Kier alpha value is -1.42. The van der Waals surface area contributed by atoms with Crippen molar-refractivity contribution in [3.63, 3.8) is 0 Å². The van der Waals surface area contributed by atoms with Crippen LogP contribution in [-0.4, -0.2) is 23.5 Å². The normalized spacial score (nSPS) is 14.5. The van der Waals surface area contributed by atoms with Crippen LogP contribution in [0.15, 0.2) is 12.3 Å². The molecule has 0 aromatic carbocycles.